The van der Waals surface area contributed by atoms with Crippen molar-refractivity contribution in [2.24, 2.45) is 11.8 Å². The number of aryl methyl sites for hydroxylation is 3. The van der Waals surface area contributed by atoms with Crippen molar-refractivity contribution in [3.8, 4) is 0 Å². The normalized spacial score (nSPS) is 27.7. The van der Waals surface area contributed by atoms with E-state index in [9.17, 15) is 0 Å². The highest BCUT2D eigenvalue weighted by Crippen LogP contribution is 2.28. The van der Waals surface area contributed by atoms with Gasteiger partial charge >= 0.3 is 0 Å². The molecule has 0 bridgehead atoms. The molecule has 1 fully saturated rings. The van der Waals surface area contributed by atoms with Crippen molar-refractivity contribution in [2.75, 3.05) is 6.54 Å². The molecule has 1 aliphatic carbocycles. The SMILES string of the molecule is Cc1cc(C)n(CCCNC2CC(C)CC(C)C2)n1. The predicted molar refractivity (Wildman–Crippen MR) is 80.3 cm³/mol. The highest BCUT2D eigenvalue weighted by molar-refractivity contribution is 5.06. The van der Waals surface area contributed by atoms with Gasteiger partial charge in [-0.15, -0.1) is 0 Å². The molecule has 108 valence electrons. The highest BCUT2D eigenvalue weighted by Gasteiger charge is 2.23. The van der Waals surface area contributed by atoms with E-state index in [0.717, 1.165) is 36.7 Å². The maximum absolute atomic E-state index is 4.51. The second-order valence-electron chi connectivity index (χ2n) is 6.57. The van der Waals surface area contributed by atoms with Crippen molar-refractivity contribution in [2.45, 2.75) is 66.0 Å². The highest BCUT2D eigenvalue weighted by atomic mass is 15.3. The summed E-state index contributed by atoms with van der Waals surface area (Å²) in [6, 6.07) is 2.89. The third-order valence-electron chi connectivity index (χ3n) is 4.26. The predicted octanol–water partition coefficient (Wildman–Crippen LogP) is 3.30. The van der Waals surface area contributed by atoms with Crippen LogP contribution in [0.4, 0.5) is 0 Å². The van der Waals surface area contributed by atoms with Gasteiger partial charge in [0.15, 0.2) is 0 Å². The van der Waals surface area contributed by atoms with Crippen LogP contribution in [0, 0.1) is 25.7 Å². The Hall–Kier alpha value is -0.830. The molecule has 1 heterocycles. The van der Waals surface area contributed by atoms with Gasteiger partial charge in [-0.25, -0.2) is 0 Å². The number of hydrogen-bond acceptors (Lipinski definition) is 2. The van der Waals surface area contributed by atoms with E-state index < -0.39 is 0 Å². The molecule has 3 heteroatoms. The third-order valence-corrected chi connectivity index (χ3v) is 4.26. The van der Waals surface area contributed by atoms with E-state index in [1.807, 2.05) is 0 Å². The quantitative estimate of drug-likeness (QED) is 0.826. The van der Waals surface area contributed by atoms with E-state index in [0.29, 0.717) is 0 Å². The van der Waals surface area contributed by atoms with Crippen LogP contribution in [0.25, 0.3) is 0 Å². The van der Waals surface area contributed by atoms with Crippen LogP contribution < -0.4 is 5.32 Å². The molecule has 0 aromatic carbocycles. The second-order valence-corrected chi connectivity index (χ2v) is 6.57. The van der Waals surface area contributed by atoms with Gasteiger partial charge in [0.25, 0.3) is 0 Å². The first-order chi connectivity index (χ1) is 9.04. The molecule has 3 nitrogen and oxygen atoms in total. The molecular weight excluding hydrogens is 234 g/mol. The van der Waals surface area contributed by atoms with Gasteiger partial charge in [0.1, 0.15) is 0 Å². The van der Waals surface area contributed by atoms with Gasteiger partial charge in [0.05, 0.1) is 5.69 Å². The van der Waals surface area contributed by atoms with Crippen molar-refractivity contribution in [1.82, 2.24) is 15.1 Å². The lowest BCUT2D eigenvalue weighted by atomic mass is 9.80. The standard InChI is InChI=1S/C16H29N3/c1-12-8-13(2)10-16(9-12)17-6-5-7-19-15(4)11-14(3)18-19/h11-13,16-17H,5-10H2,1-4H3. The minimum Gasteiger partial charge on any atom is -0.314 e. The van der Waals surface area contributed by atoms with E-state index in [1.165, 1.54) is 31.4 Å². The summed E-state index contributed by atoms with van der Waals surface area (Å²) in [5, 5.41) is 8.25. The van der Waals surface area contributed by atoms with Crippen LogP contribution in [0.5, 0.6) is 0 Å². The van der Waals surface area contributed by atoms with Gasteiger partial charge in [-0.05, 0) is 64.0 Å². The zero-order chi connectivity index (χ0) is 13.8. The number of hydrogen-bond donors (Lipinski definition) is 1. The summed E-state index contributed by atoms with van der Waals surface area (Å²) >= 11 is 0. The molecular formula is C16H29N3. The van der Waals surface area contributed by atoms with Crippen LogP contribution >= 0.6 is 0 Å². The van der Waals surface area contributed by atoms with Crippen molar-refractivity contribution in [1.29, 1.82) is 0 Å². The van der Waals surface area contributed by atoms with Crippen molar-refractivity contribution >= 4 is 0 Å². The van der Waals surface area contributed by atoms with Crippen molar-refractivity contribution in [3.05, 3.63) is 17.5 Å². The minimum atomic E-state index is 0.735. The molecule has 2 atom stereocenters. The second kappa shape index (κ2) is 6.56. The molecule has 1 aromatic rings. The molecule has 0 aliphatic heterocycles. The lowest BCUT2D eigenvalue weighted by Gasteiger charge is -2.32. The van der Waals surface area contributed by atoms with Crippen LogP contribution in [0.2, 0.25) is 0 Å². The summed E-state index contributed by atoms with van der Waals surface area (Å²) in [7, 11) is 0. The van der Waals surface area contributed by atoms with E-state index >= 15 is 0 Å². The van der Waals surface area contributed by atoms with E-state index in [4.69, 9.17) is 0 Å². The number of nitrogens with one attached hydrogen (secondary N) is 1. The van der Waals surface area contributed by atoms with Gasteiger partial charge in [-0.1, -0.05) is 13.8 Å². The molecule has 19 heavy (non-hydrogen) atoms. The Morgan fingerprint density at radius 2 is 1.89 bits per heavy atom. The molecule has 2 unspecified atom stereocenters. The number of aromatic nitrogens is 2. The fraction of sp³-hybridized carbons (Fsp3) is 0.812. The topological polar surface area (TPSA) is 29.9 Å². The molecule has 1 saturated carbocycles. The Balaban J connectivity index is 1.68. The van der Waals surface area contributed by atoms with Gasteiger partial charge < -0.3 is 5.32 Å². The van der Waals surface area contributed by atoms with Gasteiger partial charge in [-0.2, -0.15) is 5.10 Å². The van der Waals surface area contributed by atoms with Crippen LogP contribution in [-0.2, 0) is 6.54 Å². The largest absolute Gasteiger partial charge is 0.314 e. The molecule has 1 N–H and O–H groups in total. The van der Waals surface area contributed by atoms with Gasteiger partial charge in [-0.3, -0.25) is 4.68 Å². The van der Waals surface area contributed by atoms with Crippen LogP contribution in [0.1, 0.15) is 50.9 Å². The zero-order valence-electron chi connectivity index (χ0n) is 12.9. The van der Waals surface area contributed by atoms with Crippen molar-refractivity contribution in [3.63, 3.8) is 0 Å². The number of nitrogens with zero attached hydrogens (tertiary/aromatic N) is 2. The maximum Gasteiger partial charge on any atom is 0.0596 e. The van der Waals surface area contributed by atoms with Gasteiger partial charge in [0.2, 0.25) is 0 Å². The van der Waals surface area contributed by atoms with Crippen LogP contribution in [0.15, 0.2) is 6.07 Å². The summed E-state index contributed by atoms with van der Waals surface area (Å²) in [6.45, 7) is 11.1. The monoisotopic (exact) mass is 263 g/mol. The lowest BCUT2D eigenvalue weighted by Crippen LogP contribution is -2.37. The van der Waals surface area contributed by atoms with Crippen molar-refractivity contribution < 1.29 is 0 Å². The first-order valence-electron chi connectivity index (χ1n) is 7.79. The summed E-state index contributed by atoms with van der Waals surface area (Å²) in [6.07, 6.45) is 5.28. The summed E-state index contributed by atoms with van der Waals surface area (Å²) in [5.41, 5.74) is 2.40. The Morgan fingerprint density at radius 1 is 1.21 bits per heavy atom. The molecule has 0 saturated heterocycles. The average Bonchev–Trinajstić information content (AvgIpc) is 2.62. The molecule has 0 amide bonds. The van der Waals surface area contributed by atoms with Crippen LogP contribution in [-0.4, -0.2) is 22.4 Å². The average molecular weight is 263 g/mol. The Kier molecular flexibility index (Phi) is 5.03. The Bertz CT molecular complexity index is 387. The molecule has 1 aromatic heterocycles. The molecule has 0 radical (unpaired) electrons. The minimum absolute atomic E-state index is 0.735. The number of rotatable bonds is 5. The molecule has 2 rings (SSSR count). The van der Waals surface area contributed by atoms with Crippen LogP contribution in [0.3, 0.4) is 0 Å². The summed E-state index contributed by atoms with van der Waals surface area (Å²) in [5.74, 6) is 1.77. The summed E-state index contributed by atoms with van der Waals surface area (Å²) in [4.78, 5) is 0. The first-order valence-corrected chi connectivity index (χ1v) is 7.79. The fourth-order valence-electron chi connectivity index (χ4n) is 3.55. The van der Waals surface area contributed by atoms with Gasteiger partial charge in [0, 0.05) is 18.3 Å². The maximum atomic E-state index is 4.51. The van der Waals surface area contributed by atoms with E-state index in [2.05, 4.69) is 48.9 Å². The lowest BCUT2D eigenvalue weighted by molar-refractivity contribution is 0.238. The van der Waals surface area contributed by atoms with E-state index in [1.54, 1.807) is 0 Å². The Labute approximate surface area is 117 Å². The fourth-order valence-corrected chi connectivity index (χ4v) is 3.55. The third kappa shape index (κ3) is 4.34. The molecule has 1 aliphatic rings. The first kappa shape index (κ1) is 14.6. The van der Waals surface area contributed by atoms with E-state index in [-0.39, 0.29) is 0 Å². The summed E-state index contributed by atoms with van der Waals surface area (Å²) < 4.78 is 2.13. The molecule has 0 spiro atoms. The smallest absolute Gasteiger partial charge is 0.0596 e. The zero-order valence-corrected chi connectivity index (χ0v) is 12.9. The Morgan fingerprint density at radius 3 is 2.47 bits per heavy atom.